The summed E-state index contributed by atoms with van der Waals surface area (Å²) in [7, 11) is 0. The van der Waals surface area contributed by atoms with Crippen molar-refractivity contribution in [2.24, 2.45) is 0 Å². The van der Waals surface area contributed by atoms with Gasteiger partial charge in [0, 0.05) is 17.1 Å². The molecule has 1 aromatic carbocycles. The zero-order valence-electron chi connectivity index (χ0n) is 8.64. The van der Waals surface area contributed by atoms with Crippen molar-refractivity contribution in [2.75, 3.05) is 5.75 Å². The molecule has 0 unspecified atom stereocenters. The van der Waals surface area contributed by atoms with E-state index in [4.69, 9.17) is 5.11 Å². The summed E-state index contributed by atoms with van der Waals surface area (Å²) < 4.78 is 0. The van der Waals surface area contributed by atoms with Crippen molar-refractivity contribution in [3.8, 4) is 0 Å². The average Bonchev–Trinajstić information content (AvgIpc) is 2.25. The summed E-state index contributed by atoms with van der Waals surface area (Å²) >= 11 is 1.71. The van der Waals surface area contributed by atoms with Crippen LogP contribution >= 0.6 is 11.8 Å². The second-order valence-electron chi connectivity index (χ2n) is 3.19. The van der Waals surface area contributed by atoms with Crippen molar-refractivity contribution in [3.63, 3.8) is 0 Å². The molecule has 2 nitrogen and oxygen atoms in total. The number of thioether (sulfide) groups is 1. The molecule has 0 aromatic heterocycles. The van der Waals surface area contributed by atoms with Crippen LogP contribution in [0.3, 0.4) is 0 Å². The van der Waals surface area contributed by atoms with Crippen LogP contribution in [-0.4, -0.2) is 16.8 Å². The summed E-state index contributed by atoms with van der Waals surface area (Å²) in [5.74, 6) is 0.826. The van der Waals surface area contributed by atoms with Crippen LogP contribution in [0.5, 0.6) is 0 Å². The van der Waals surface area contributed by atoms with E-state index >= 15 is 0 Å². The van der Waals surface area contributed by atoms with Gasteiger partial charge in [0.05, 0.1) is 0 Å². The van der Waals surface area contributed by atoms with Crippen LogP contribution in [0.25, 0.3) is 0 Å². The highest BCUT2D eigenvalue weighted by Gasteiger charge is 1.98. The van der Waals surface area contributed by atoms with Crippen LogP contribution in [0.15, 0.2) is 42.0 Å². The normalized spacial score (nSPS) is 11.4. The van der Waals surface area contributed by atoms with Crippen molar-refractivity contribution in [1.82, 2.24) is 0 Å². The molecule has 15 heavy (non-hydrogen) atoms. The molecule has 0 spiro atoms. The van der Waals surface area contributed by atoms with E-state index in [0.29, 0.717) is 5.57 Å². The molecular formula is C12H14O2S. The molecule has 0 aliphatic heterocycles. The molecule has 1 aromatic rings. The van der Waals surface area contributed by atoms with Crippen LogP contribution < -0.4 is 0 Å². The lowest BCUT2D eigenvalue weighted by molar-refractivity contribution is -0.132. The Kier molecular flexibility index (Phi) is 4.98. The summed E-state index contributed by atoms with van der Waals surface area (Å²) in [6.07, 6.45) is 1.75. The number of rotatable bonds is 5. The molecule has 0 saturated carbocycles. The second-order valence-corrected chi connectivity index (χ2v) is 4.22. The van der Waals surface area contributed by atoms with E-state index in [-0.39, 0.29) is 0 Å². The van der Waals surface area contributed by atoms with Gasteiger partial charge >= 0.3 is 5.97 Å². The Labute approximate surface area is 94.0 Å². The first kappa shape index (κ1) is 11.9. The number of hydrogen-bond donors (Lipinski definition) is 1. The van der Waals surface area contributed by atoms with Crippen LogP contribution in [0.2, 0.25) is 0 Å². The van der Waals surface area contributed by atoms with Crippen molar-refractivity contribution in [2.45, 2.75) is 12.7 Å². The maximum atomic E-state index is 10.5. The average molecular weight is 222 g/mol. The highest BCUT2D eigenvalue weighted by atomic mass is 32.2. The Morgan fingerprint density at radius 3 is 2.67 bits per heavy atom. The monoisotopic (exact) mass is 222 g/mol. The van der Waals surface area contributed by atoms with Gasteiger partial charge in [0.15, 0.2) is 0 Å². The zero-order valence-corrected chi connectivity index (χ0v) is 9.46. The van der Waals surface area contributed by atoms with Gasteiger partial charge in [-0.15, -0.1) is 0 Å². The van der Waals surface area contributed by atoms with Crippen molar-refractivity contribution < 1.29 is 9.90 Å². The molecule has 0 bridgehead atoms. The third kappa shape index (κ3) is 4.70. The topological polar surface area (TPSA) is 37.3 Å². The molecule has 0 aliphatic rings. The third-order valence-electron chi connectivity index (χ3n) is 1.96. The van der Waals surface area contributed by atoms with E-state index in [0.717, 1.165) is 11.5 Å². The lowest BCUT2D eigenvalue weighted by Gasteiger charge is -1.98. The first-order valence-electron chi connectivity index (χ1n) is 4.72. The van der Waals surface area contributed by atoms with Crippen LogP contribution in [0.1, 0.15) is 12.5 Å². The summed E-state index contributed by atoms with van der Waals surface area (Å²) in [6, 6.07) is 10.1. The molecule has 80 valence electrons. The molecule has 0 radical (unpaired) electrons. The molecular weight excluding hydrogens is 208 g/mol. The quantitative estimate of drug-likeness (QED) is 0.614. The summed E-state index contributed by atoms with van der Waals surface area (Å²) in [5.41, 5.74) is 1.68. The minimum Gasteiger partial charge on any atom is -0.478 e. The van der Waals surface area contributed by atoms with Gasteiger partial charge in [0.25, 0.3) is 0 Å². The molecule has 0 saturated heterocycles. The number of aliphatic carboxylic acids is 1. The predicted molar refractivity (Wildman–Crippen MR) is 64.0 cm³/mol. The summed E-state index contributed by atoms with van der Waals surface area (Å²) in [5, 5.41) is 8.62. The first-order valence-corrected chi connectivity index (χ1v) is 5.87. The minimum absolute atomic E-state index is 0.413. The summed E-state index contributed by atoms with van der Waals surface area (Å²) in [6.45, 7) is 1.62. The van der Waals surface area contributed by atoms with Gasteiger partial charge in [0.1, 0.15) is 0 Å². The van der Waals surface area contributed by atoms with E-state index in [1.54, 1.807) is 24.8 Å². The Morgan fingerprint density at radius 2 is 2.07 bits per heavy atom. The van der Waals surface area contributed by atoms with Gasteiger partial charge in [-0.3, -0.25) is 0 Å². The highest BCUT2D eigenvalue weighted by Crippen LogP contribution is 2.12. The van der Waals surface area contributed by atoms with E-state index < -0.39 is 5.97 Å². The Morgan fingerprint density at radius 1 is 1.40 bits per heavy atom. The largest absolute Gasteiger partial charge is 0.478 e. The Bertz CT molecular complexity index is 344. The zero-order chi connectivity index (χ0) is 11.1. The van der Waals surface area contributed by atoms with Crippen molar-refractivity contribution >= 4 is 17.7 Å². The third-order valence-corrected chi connectivity index (χ3v) is 2.90. The van der Waals surface area contributed by atoms with Gasteiger partial charge < -0.3 is 5.11 Å². The maximum Gasteiger partial charge on any atom is 0.330 e. The van der Waals surface area contributed by atoms with Crippen LogP contribution in [0.4, 0.5) is 0 Å². The van der Waals surface area contributed by atoms with E-state index in [1.807, 2.05) is 18.2 Å². The second kappa shape index (κ2) is 6.30. The summed E-state index contributed by atoms with van der Waals surface area (Å²) in [4.78, 5) is 10.5. The lowest BCUT2D eigenvalue weighted by atomic mass is 10.2. The Hall–Kier alpha value is -1.22. The fourth-order valence-corrected chi connectivity index (χ4v) is 1.94. The molecule has 1 rings (SSSR count). The lowest BCUT2D eigenvalue weighted by Crippen LogP contribution is -1.96. The van der Waals surface area contributed by atoms with E-state index in [9.17, 15) is 4.79 Å². The molecule has 0 heterocycles. The van der Waals surface area contributed by atoms with Gasteiger partial charge in [-0.05, 0) is 12.5 Å². The predicted octanol–water partition coefficient (Wildman–Crippen LogP) is 2.95. The SMILES string of the molecule is CC(=CCSCc1ccccc1)C(=O)O. The molecule has 3 heteroatoms. The van der Waals surface area contributed by atoms with Gasteiger partial charge in [0.2, 0.25) is 0 Å². The van der Waals surface area contributed by atoms with Gasteiger partial charge in [-0.1, -0.05) is 36.4 Å². The minimum atomic E-state index is -0.838. The Balaban J connectivity index is 2.29. The van der Waals surface area contributed by atoms with Crippen molar-refractivity contribution in [3.05, 3.63) is 47.5 Å². The molecule has 0 aliphatic carbocycles. The molecule has 1 N–H and O–H groups in total. The van der Waals surface area contributed by atoms with Gasteiger partial charge in [-0.2, -0.15) is 11.8 Å². The van der Waals surface area contributed by atoms with E-state index in [2.05, 4.69) is 12.1 Å². The van der Waals surface area contributed by atoms with E-state index in [1.165, 1.54) is 5.56 Å². The first-order chi connectivity index (χ1) is 7.20. The van der Waals surface area contributed by atoms with Gasteiger partial charge in [-0.25, -0.2) is 4.79 Å². The molecule has 0 fully saturated rings. The highest BCUT2D eigenvalue weighted by molar-refractivity contribution is 7.98. The number of carbonyl (C=O) groups is 1. The van der Waals surface area contributed by atoms with Crippen LogP contribution in [-0.2, 0) is 10.5 Å². The maximum absolute atomic E-state index is 10.5. The fraction of sp³-hybridized carbons (Fsp3) is 0.250. The van der Waals surface area contributed by atoms with Crippen LogP contribution in [0, 0.1) is 0 Å². The molecule has 0 atom stereocenters. The smallest absolute Gasteiger partial charge is 0.330 e. The number of benzene rings is 1. The fourth-order valence-electron chi connectivity index (χ4n) is 1.02. The molecule has 0 amide bonds. The van der Waals surface area contributed by atoms with Crippen molar-refractivity contribution in [1.29, 1.82) is 0 Å². The number of carboxylic acid groups (broad SMARTS) is 1. The number of hydrogen-bond acceptors (Lipinski definition) is 2. The number of carboxylic acids is 1. The standard InChI is InChI=1S/C12H14O2S/c1-10(12(13)14)7-8-15-9-11-5-3-2-4-6-11/h2-7H,8-9H2,1H3,(H,13,14).